The van der Waals surface area contributed by atoms with Crippen molar-refractivity contribution in [2.24, 2.45) is 5.92 Å². The largest absolute Gasteiger partial charge is 0.507 e. The molecule has 0 bridgehead atoms. The van der Waals surface area contributed by atoms with Gasteiger partial charge in [0.05, 0.1) is 11.5 Å². The van der Waals surface area contributed by atoms with Gasteiger partial charge >= 0.3 is 5.97 Å². The van der Waals surface area contributed by atoms with Crippen molar-refractivity contribution in [2.45, 2.75) is 25.7 Å². The number of phenols is 1. The first-order chi connectivity index (χ1) is 11.1. The number of carbonyl (C=O) groups is 2. The highest BCUT2D eigenvalue weighted by atomic mass is 32.2. The highest BCUT2D eigenvalue weighted by Gasteiger charge is 2.29. The molecule has 1 amide bonds. The van der Waals surface area contributed by atoms with E-state index in [9.17, 15) is 19.8 Å². The zero-order valence-electron chi connectivity index (χ0n) is 13.0. The number of carboxylic acid groups (broad SMARTS) is 1. The van der Waals surface area contributed by atoms with Gasteiger partial charge in [-0.2, -0.15) is 11.8 Å². The van der Waals surface area contributed by atoms with E-state index in [1.54, 1.807) is 22.7 Å². The molecule has 1 aliphatic carbocycles. The highest BCUT2D eigenvalue weighted by Crippen LogP contribution is 2.33. The molecule has 124 valence electrons. The van der Waals surface area contributed by atoms with E-state index in [2.05, 4.69) is 0 Å². The van der Waals surface area contributed by atoms with E-state index < -0.39 is 11.9 Å². The number of aryl methyl sites for hydroxylation is 1. The maximum absolute atomic E-state index is 12.8. The molecule has 23 heavy (non-hydrogen) atoms. The predicted octanol–water partition coefficient (Wildman–Crippen LogP) is 2.16. The smallest absolute Gasteiger partial charge is 0.309 e. The number of rotatable bonds is 2. The molecule has 0 saturated carbocycles. The van der Waals surface area contributed by atoms with Crippen LogP contribution in [-0.2, 0) is 17.6 Å². The quantitative estimate of drug-likeness (QED) is 0.866. The zero-order valence-corrected chi connectivity index (χ0v) is 13.8. The number of aromatic hydroxyl groups is 1. The average molecular weight is 335 g/mol. The minimum atomic E-state index is -0.869. The summed E-state index contributed by atoms with van der Waals surface area (Å²) < 4.78 is 0. The van der Waals surface area contributed by atoms with E-state index in [0.717, 1.165) is 42.6 Å². The summed E-state index contributed by atoms with van der Waals surface area (Å²) >= 11 is 1.56. The van der Waals surface area contributed by atoms with Crippen LogP contribution in [0.25, 0.3) is 0 Å². The Kier molecular flexibility index (Phi) is 4.80. The summed E-state index contributed by atoms with van der Waals surface area (Å²) in [5, 5.41) is 19.8. The van der Waals surface area contributed by atoms with Crippen molar-refractivity contribution in [1.29, 1.82) is 0 Å². The van der Waals surface area contributed by atoms with Crippen molar-refractivity contribution in [1.82, 2.24) is 4.90 Å². The van der Waals surface area contributed by atoms with Crippen molar-refractivity contribution < 1.29 is 19.8 Å². The lowest BCUT2D eigenvalue weighted by atomic mass is 9.89. The SMILES string of the molecule is O=C(O)C1CSCCN(C(=O)c2ccc3c(c2O)CCCC3)C1. The normalized spacial score (nSPS) is 21.4. The van der Waals surface area contributed by atoms with E-state index in [1.807, 2.05) is 6.07 Å². The number of amides is 1. The Hall–Kier alpha value is -1.69. The van der Waals surface area contributed by atoms with Gasteiger partial charge in [-0.25, -0.2) is 0 Å². The van der Waals surface area contributed by atoms with Crippen LogP contribution >= 0.6 is 11.8 Å². The first kappa shape index (κ1) is 16.2. The van der Waals surface area contributed by atoms with Crippen LogP contribution in [0.2, 0.25) is 0 Å². The number of thioether (sulfide) groups is 1. The molecule has 6 heteroatoms. The Balaban J connectivity index is 1.86. The number of nitrogens with zero attached hydrogens (tertiary/aromatic N) is 1. The van der Waals surface area contributed by atoms with Crippen molar-refractivity contribution >= 4 is 23.6 Å². The fourth-order valence-corrected chi connectivity index (χ4v) is 4.34. The summed E-state index contributed by atoms with van der Waals surface area (Å²) in [4.78, 5) is 25.6. The van der Waals surface area contributed by atoms with E-state index in [1.165, 1.54) is 0 Å². The Bertz CT molecular complexity index is 631. The van der Waals surface area contributed by atoms with Gasteiger partial charge in [-0.05, 0) is 42.9 Å². The molecule has 1 aliphatic heterocycles. The summed E-state index contributed by atoms with van der Waals surface area (Å²) in [5.74, 6) is -0.338. The Morgan fingerprint density at radius 3 is 2.78 bits per heavy atom. The molecule has 0 radical (unpaired) electrons. The van der Waals surface area contributed by atoms with Gasteiger partial charge in [0.2, 0.25) is 0 Å². The fraction of sp³-hybridized carbons (Fsp3) is 0.529. The first-order valence-electron chi connectivity index (χ1n) is 8.01. The van der Waals surface area contributed by atoms with E-state index in [0.29, 0.717) is 17.9 Å². The topological polar surface area (TPSA) is 77.8 Å². The molecule has 0 aromatic heterocycles. The van der Waals surface area contributed by atoms with Gasteiger partial charge in [0.25, 0.3) is 5.91 Å². The lowest BCUT2D eigenvalue weighted by Crippen LogP contribution is -2.38. The van der Waals surface area contributed by atoms with Crippen molar-refractivity contribution in [3.05, 3.63) is 28.8 Å². The predicted molar refractivity (Wildman–Crippen MR) is 89.1 cm³/mol. The maximum atomic E-state index is 12.8. The number of aliphatic carboxylic acids is 1. The van der Waals surface area contributed by atoms with E-state index in [4.69, 9.17) is 0 Å². The summed E-state index contributed by atoms with van der Waals surface area (Å²) in [6, 6.07) is 3.62. The summed E-state index contributed by atoms with van der Waals surface area (Å²) in [7, 11) is 0. The highest BCUT2D eigenvalue weighted by molar-refractivity contribution is 7.99. The lowest BCUT2D eigenvalue weighted by molar-refractivity contribution is -0.141. The fourth-order valence-electron chi connectivity index (χ4n) is 3.30. The number of carbonyl (C=O) groups excluding carboxylic acids is 1. The maximum Gasteiger partial charge on any atom is 0.309 e. The van der Waals surface area contributed by atoms with Crippen LogP contribution in [0.1, 0.15) is 34.3 Å². The molecule has 2 aliphatic rings. The van der Waals surface area contributed by atoms with Crippen LogP contribution in [0.15, 0.2) is 12.1 Å². The van der Waals surface area contributed by atoms with Gasteiger partial charge in [0.1, 0.15) is 5.75 Å². The molecular formula is C17H21NO4S. The Morgan fingerprint density at radius 2 is 2.00 bits per heavy atom. The molecule has 1 saturated heterocycles. The van der Waals surface area contributed by atoms with E-state index >= 15 is 0 Å². The van der Waals surface area contributed by atoms with Gasteiger partial charge in [-0.15, -0.1) is 0 Å². The van der Waals surface area contributed by atoms with Gasteiger partial charge in [0, 0.05) is 24.6 Å². The number of hydrogen-bond donors (Lipinski definition) is 2. The van der Waals surface area contributed by atoms with Gasteiger partial charge in [-0.3, -0.25) is 9.59 Å². The third kappa shape index (κ3) is 3.32. The molecule has 1 aromatic carbocycles. The summed E-state index contributed by atoms with van der Waals surface area (Å²) in [6.45, 7) is 0.724. The number of phenolic OH excluding ortho intramolecular Hbond substituents is 1. The first-order valence-corrected chi connectivity index (χ1v) is 9.17. The number of benzene rings is 1. The second kappa shape index (κ2) is 6.83. The number of carboxylic acids is 1. The molecule has 1 unspecified atom stereocenters. The second-order valence-electron chi connectivity index (χ2n) is 6.17. The third-order valence-electron chi connectivity index (χ3n) is 4.63. The minimum absolute atomic E-state index is 0.0935. The summed E-state index contributed by atoms with van der Waals surface area (Å²) in [6.07, 6.45) is 3.89. The molecule has 1 fully saturated rings. The number of fused-ring (bicyclic) bond motifs is 1. The molecule has 1 heterocycles. The Labute approximate surface area is 139 Å². The van der Waals surface area contributed by atoms with Gasteiger partial charge < -0.3 is 15.1 Å². The zero-order chi connectivity index (χ0) is 16.4. The monoisotopic (exact) mass is 335 g/mol. The number of hydrogen-bond acceptors (Lipinski definition) is 4. The lowest BCUT2D eigenvalue weighted by Gasteiger charge is -2.24. The second-order valence-corrected chi connectivity index (χ2v) is 7.32. The molecule has 1 aromatic rings. The van der Waals surface area contributed by atoms with Crippen molar-refractivity contribution in [2.75, 3.05) is 24.6 Å². The molecule has 1 atom stereocenters. The van der Waals surface area contributed by atoms with Crippen molar-refractivity contribution in [3.63, 3.8) is 0 Å². The molecule has 5 nitrogen and oxygen atoms in total. The van der Waals surface area contributed by atoms with Crippen LogP contribution in [0.3, 0.4) is 0 Å². The van der Waals surface area contributed by atoms with Crippen LogP contribution in [-0.4, -0.2) is 51.6 Å². The van der Waals surface area contributed by atoms with Crippen LogP contribution in [0, 0.1) is 5.92 Å². The standard InChI is InChI=1S/C17H21NO4S/c19-15-13-4-2-1-3-11(13)5-6-14(15)16(20)18-7-8-23-10-12(9-18)17(21)22/h5-6,12,19H,1-4,7-10H2,(H,21,22). The van der Waals surface area contributed by atoms with Crippen LogP contribution in [0.5, 0.6) is 5.75 Å². The molecule has 0 spiro atoms. The Morgan fingerprint density at radius 1 is 1.22 bits per heavy atom. The molecule has 3 rings (SSSR count). The van der Waals surface area contributed by atoms with Crippen LogP contribution in [0.4, 0.5) is 0 Å². The van der Waals surface area contributed by atoms with Gasteiger partial charge in [-0.1, -0.05) is 6.07 Å². The average Bonchev–Trinajstić information content (AvgIpc) is 2.81. The minimum Gasteiger partial charge on any atom is -0.507 e. The van der Waals surface area contributed by atoms with Crippen LogP contribution < -0.4 is 0 Å². The third-order valence-corrected chi connectivity index (χ3v) is 5.74. The molecule has 2 N–H and O–H groups in total. The van der Waals surface area contributed by atoms with Gasteiger partial charge in [0.15, 0.2) is 0 Å². The van der Waals surface area contributed by atoms with Crippen molar-refractivity contribution in [3.8, 4) is 5.75 Å². The molecular weight excluding hydrogens is 314 g/mol. The summed E-state index contributed by atoms with van der Waals surface area (Å²) in [5.41, 5.74) is 2.32. The van der Waals surface area contributed by atoms with E-state index in [-0.39, 0.29) is 18.2 Å².